The maximum atomic E-state index is 11.6. The summed E-state index contributed by atoms with van der Waals surface area (Å²) in [5.74, 6) is 0. The van der Waals surface area contributed by atoms with Crippen LogP contribution < -0.4 is 5.32 Å². The third kappa shape index (κ3) is 3.11. The fraction of sp³-hybridized carbons (Fsp3) is 0.143. The first-order chi connectivity index (χ1) is 8.57. The van der Waals surface area contributed by atoms with Crippen molar-refractivity contribution in [2.24, 2.45) is 0 Å². The maximum Gasteiger partial charge on any atom is 0.175 e. The van der Waals surface area contributed by atoms with E-state index in [0.717, 1.165) is 11.3 Å². The van der Waals surface area contributed by atoms with Crippen LogP contribution in [-0.2, 0) is 16.4 Å². The molecule has 0 atom stereocenters. The fourth-order valence-electron chi connectivity index (χ4n) is 1.76. The average molecular weight is 261 g/mol. The van der Waals surface area contributed by atoms with Gasteiger partial charge in [-0.3, -0.25) is 0 Å². The molecule has 2 rings (SSSR count). The van der Waals surface area contributed by atoms with Gasteiger partial charge in [-0.1, -0.05) is 36.4 Å². The molecule has 0 aliphatic heterocycles. The minimum atomic E-state index is -3.18. The van der Waals surface area contributed by atoms with Crippen LogP contribution in [0.4, 0.5) is 5.69 Å². The summed E-state index contributed by atoms with van der Waals surface area (Å²) in [5.41, 5.74) is 1.75. The Bertz CT molecular complexity index is 621. The molecule has 0 aromatic heterocycles. The van der Waals surface area contributed by atoms with Crippen molar-refractivity contribution in [2.75, 3.05) is 11.6 Å². The zero-order valence-electron chi connectivity index (χ0n) is 10.1. The molecule has 0 saturated heterocycles. The van der Waals surface area contributed by atoms with E-state index < -0.39 is 9.84 Å². The van der Waals surface area contributed by atoms with Gasteiger partial charge in [-0.2, -0.15) is 0 Å². The van der Waals surface area contributed by atoms with Crippen LogP contribution in [0.2, 0.25) is 0 Å². The third-order valence-electron chi connectivity index (χ3n) is 2.63. The molecule has 0 heterocycles. The normalized spacial score (nSPS) is 11.2. The van der Waals surface area contributed by atoms with E-state index in [2.05, 4.69) is 5.32 Å². The number of hydrogen-bond acceptors (Lipinski definition) is 3. The standard InChI is InChI=1S/C14H15NO2S/c1-18(16,17)14-10-6-5-7-12(14)11-15-13-8-3-2-4-9-13/h2-10,15H,11H2,1H3. The summed E-state index contributed by atoms with van der Waals surface area (Å²) in [6.45, 7) is 0.493. The maximum absolute atomic E-state index is 11.6. The van der Waals surface area contributed by atoms with Gasteiger partial charge in [0, 0.05) is 18.5 Å². The van der Waals surface area contributed by atoms with Gasteiger partial charge in [-0.05, 0) is 23.8 Å². The van der Waals surface area contributed by atoms with Gasteiger partial charge < -0.3 is 5.32 Å². The van der Waals surface area contributed by atoms with Crippen molar-refractivity contribution in [3.05, 3.63) is 60.2 Å². The van der Waals surface area contributed by atoms with Crippen LogP contribution in [0, 0.1) is 0 Å². The molecule has 0 saturated carbocycles. The molecule has 0 aliphatic rings. The molecule has 1 N–H and O–H groups in total. The van der Waals surface area contributed by atoms with Crippen molar-refractivity contribution < 1.29 is 8.42 Å². The summed E-state index contributed by atoms with van der Waals surface area (Å²) in [6.07, 6.45) is 1.23. The summed E-state index contributed by atoms with van der Waals surface area (Å²) < 4.78 is 23.3. The van der Waals surface area contributed by atoms with Gasteiger partial charge in [-0.15, -0.1) is 0 Å². The van der Waals surface area contributed by atoms with Crippen molar-refractivity contribution in [1.82, 2.24) is 0 Å². The smallest absolute Gasteiger partial charge is 0.175 e. The molecule has 0 fully saturated rings. The molecule has 2 aromatic rings. The Morgan fingerprint density at radius 1 is 0.944 bits per heavy atom. The van der Waals surface area contributed by atoms with Gasteiger partial charge in [0.15, 0.2) is 9.84 Å². The van der Waals surface area contributed by atoms with E-state index in [1.165, 1.54) is 6.26 Å². The first kappa shape index (κ1) is 12.6. The Balaban J connectivity index is 2.20. The minimum Gasteiger partial charge on any atom is -0.381 e. The lowest BCUT2D eigenvalue weighted by Crippen LogP contribution is -2.06. The van der Waals surface area contributed by atoms with Gasteiger partial charge in [0.05, 0.1) is 4.90 Å². The highest BCUT2D eigenvalue weighted by Gasteiger charge is 2.11. The average Bonchev–Trinajstić information content (AvgIpc) is 2.37. The molecule has 18 heavy (non-hydrogen) atoms. The number of anilines is 1. The summed E-state index contributed by atoms with van der Waals surface area (Å²) in [6, 6.07) is 16.8. The number of hydrogen-bond donors (Lipinski definition) is 1. The number of nitrogens with one attached hydrogen (secondary N) is 1. The molecule has 0 amide bonds. The Hall–Kier alpha value is -1.81. The zero-order valence-corrected chi connectivity index (χ0v) is 10.9. The fourth-order valence-corrected chi connectivity index (χ4v) is 2.71. The molecule has 0 aliphatic carbocycles. The number of benzene rings is 2. The summed E-state index contributed by atoms with van der Waals surface area (Å²) in [5, 5.41) is 3.21. The number of rotatable bonds is 4. The number of sulfone groups is 1. The second-order valence-corrected chi connectivity index (χ2v) is 6.08. The van der Waals surface area contributed by atoms with Crippen molar-refractivity contribution in [3.63, 3.8) is 0 Å². The van der Waals surface area contributed by atoms with Gasteiger partial charge in [0.25, 0.3) is 0 Å². The lowest BCUT2D eigenvalue weighted by Gasteiger charge is -2.10. The molecule has 94 valence electrons. The summed E-state index contributed by atoms with van der Waals surface area (Å²) in [7, 11) is -3.18. The van der Waals surface area contributed by atoms with Crippen LogP contribution >= 0.6 is 0 Å². The molecule has 0 spiro atoms. The molecule has 0 unspecified atom stereocenters. The van der Waals surface area contributed by atoms with E-state index >= 15 is 0 Å². The van der Waals surface area contributed by atoms with E-state index in [9.17, 15) is 8.42 Å². The molecule has 0 radical (unpaired) electrons. The van der Waals surface area contributed by atoms with E-state index in [1.54, 1.807) is 12.1 Å². The quantitative estimate of drug-likeness (QED) is 0.920. The molecular weight excluding hydrogens is 246 g/mol. The number of para-hydroxylation sites is 1. The van der Waals surface area contributed by atoms with Crippen LogP contribution in [0.15, 0.2) is 59.5 Å². The Morgan fingerprint density at radius 2 is 1.56 bits per heavy atom. The predicted octanol–water partition coefficient (Wildman–Crippen LogP) is 2.70. The lowest BCUT2D eigenvalue weighted by molar-refractivity contribution is 0.601. The van der Waals surface area contributed by atoms with Gasteiger partial charge >= 0.3 is 0 Å². The topological polar surface area (TPSA) is 46.2 Å². The molecule has 0 bridgehead atoms. The summed E-state index contributed by atoms with van der Waals surface area (Å²) in [4.78, 5) is 0.383. The highest BCUT2D eigenvalue weighted by Crippen LogP contribution is 2.17. The first-order valence-electron chi connectivity index (χ1n) is 5.64. The van der Waals surface area contributed by atoms with E-state index in [0.29, 0.717) is 11.4 Å². The van der Waals surface area contributed by atoms with Crippen molar-refractivity contribution in [3.8, 4) is 0 Å². The second-order valence-electron chi connectivity index (χ2n) is 4.10. The van der Waals surface area contributed by atoms with Crippen molar-refractivity contribution in [1.29, 1.82) is 0 Å². The van der Waals surface area contributed by atoms with Gasteiger partial charge in [0.1, 0.15) is 0 Å². The lowest BCUT2D eigenvalue weighted by atomic mass is 10.2. The largest absolute Gasteiger partial charge is 0.381 e. The second kappa shape index (κ2) is 5.23. The molecule has 2 aromatic carbocycles. The van der Waals surface area contributed by atoms with Crippen LogP contribution in [0.5, 0.6) is 0 Å². The first-order valence-corrected chi connectivity index (χ1v) is 7.53. The molecule has 3 nitrogen and oxygen atoms in total. The predicted molar refractivity (Wildman–Crippen MR) is 73.3 cm³/mol. The van der Waals surface area contributed by atoms with Crippen LogP contribution in [0.25, 0.3) is 0 Å². The zero-order chi connectivity index (χ0) is 13.0. The summed E-state index contributed by atoms with van der Waals surface area (Å²) >= 11 is 0. The SMILES string of the molecule is CS(=O)(=O)c1ccccc1CNc1ccccc1. The highest BCUT2D eigenvalue weighted by molar-refractivity contribution is 7.90. The van der Waals surface area contributed by atoms with E-state index in [-0.39, 0.29) is 0 Å². The molecular formula is C14H15NO2S. The van der Waals surface area contributed by atoms with Crippen LogP contribution in [0.1, 0.15) is 5.56 Å². The van der Waals surface area contributed by atoms with Crippen molar-refractivity contribution in [2.45, 2.75) is 11.4 Å². The van der Waals surface area contributed by atoms with E-state index in [4.69, 9.17) is 0 Å². The Kier molecular flexibility index (Phi) is 3.67. The monoisotopic (exact) mass is 261 g/mol. The third-order valence-corrected chi connectivity index (χ3v) is 3.83. The van der Waals surface area contributed by atoms with Crippen molar-refractivity contribution >= 4 is 15.5 Å². The van der Waals surface area contributed by atoms with Crippen LogP contribution in [0.3, 0.4) is 0 Å². The highest BCUT2D eigenvalue weighted by atomic mass is 32.2. The Morgan fingerprint density at radius 3 is 2.22 bits per heavy atom. The minimum absolute atomic E-state index is 0.383. The van der Waals surface area contributed by atoms with Gasteiger partial charge in [0.2, 0.25) is 0 Å². The van der Waals surface area contributed by atoms with E-state index in [1.807, 2.05) is 42.5 Å². The van der Waals surface area contributed by atoms with Crippen LogP contribution in [-0.4, -0.2) is 14.7 Å². The van der Waals surface area contributed by atoms with Gasteiger partial charge in [-0.25, -0.2) is 8.42 Å². The Labute approximate surface area is 107 Å². The molecule has 4 heteroatoms.